The predicted octanol–water partition coefficient (Wildman–Crippen LogP) is 2.88. The summed E-state index contributed by atoms with van der Waals surface area (Å²) in [6.07, 6.45) is -4.83. The number of ether oxygens (including phenoxy) is 2. The van der Waals surface area contributed by atoms with Crippen LogP contribution in [0.5, 0.6) is 5.75 Å². The van der Waals surface area contributed by atoms with Crippen LogP contribution in [0.1, 0.15) is 10.6 Å². The number of hydrogen-bond acceptors (Lipinski definition) is 7. The van der Waals surface area contributed by atoms with Crippen molar-refractivity contribution in [2.75, 3.05) is 11.9 Å². The number of halogens is 3. The maximum Gasteiger partial charge on any atom is 0.573 e. The van der Waals surface area contributed by atoms with Crippen molar-refractivity contribution >= 4 is 23.4 Å². The van der Waals surface area contributed by atoms with Crippen molar-refractivity contribution in [2.24, 2.45) is 0 Å². The van der Waals surface area contributed by atoms with Crippen LogP contribution >= 0.6 is 0 Å². The largest absolute Gasteiger partial charge is 0.573 e. The highest BCUT2D eigenvalue weighted by molar-refractivity contribution is 5.94. The Labute approximate surface area is 142 Å². The first-order valence-corrected chi connectivity index (χ1v) is 6.71. The van der Waals surface area contributed by atoms with Gasteiger partial charge in [0, 0.05) is 5.69 Å². The van der Waals surface area contributed by atoms with Crippen molar-refractivity contribution in [1.29, 1.82) is 0 Å². The average Bonchev–Trinajstić information content (AvgIpc) is 3.03. The molecule has 2 aromatic rings. The normalized spacial score (nSPS) is 10.9. The Hall–Kier alpha value is -3.57. The number of nitrogens with one attached hydrogen (secondary N) is 1. The molecule has 1 aromatic carbocycles. The molecule has 0 radical (unpaired) electrons. The summed E-state index contributed by atoms with van der Waals surface area (Å²) < 4.78 is 49.0. The van der Waals surface area contributed by atoms with Gasteiger partial charge in [-0.15, -0.1) is 13.2 Å². The van der Waals surface area contributed by atoms with Crippen LogP contribution < -0.4 is 10.1 Å². The van der Waals surface area contributed by atoms with Gasteiger partial charge < -0.3 is 19.2 Å². The molecule has 1 amide bonds. The van der Waals surface area contributed by atoms with E-state index in [4.69, 9.17) is 0 Å². The molecular formula is C14H9F3N2O7. The van der Waals surface area contributed by atoms with Gasteiger partial charge in [0.15, 0.2) is 6.61 Å². The van der Waals surface area contributed by atoms with E-state index in [9.17, 15) is 32.9 Å². The standard InChI is InChI=1S/C14H9F3N2O7/c15-14(16,17)26-9-3-1-8(2-4-9)18-11(20)7-24-13(21)10-5-6-12(25-10)19(22)23/h1-6H,7H2,(H,18,20). The van der Waals surface area contributed by atoms with E-state index in [1.165, 1.54) is 0 Å². The van der Waals surface area contributed by atoms with Gasteiger partial charge in [-0.05, 0) is 30.3 Å². The second kappa shape index (κ2) is 7.55. The summed E-state index contributed by atoms with van der Waals surface area (Å²) in [5.74, 6) is -3.48. The van der Waals surface area contributed by atoms with Crippen molar-refractivity contribution in [3.63, 3.8) is 0 Å². The van der Waals surface area contributed by atoms with E-state index in [1.54, 1.807) is 0 Å². The molecule has 26 heavy (non-hydrogen) atoms. The van der Waals surface area contributed by atoms with Gasteiger partial charge in [-0.1, -0.05) is 0 Å². The summed E-state index contributed by atoms with van der Waals surface area (Å²) in [5.41, 5.74) is 0.134. The second-order valence-corrected chi connectivity index (χ2v) is 4.59. The van der Waals surface area contributed by atoms with E-state index < -0.39 is 47.2 Å². The molecule has 0 aliphatic rings. The lowest BCUT2D eigenvalue weighted by Crippen LogP contribution is -2.21. The molecule has 1 aromatic heterocycles. The molecule has 0 bridgehead atoms. The minimum atomic E-state index is -4.83. The van der Waals surface area contributed by atoms with Gasteiger partial charge in [0.2, 0.25) is 5.76 Å². The van der Waals surface area contributed by atoms with Crippen LogP contribution in [0.2, 0.25) is 0 Å². The average molecular weight is 374 g/mol. The number of benzene rings is 1. The van der Waals surface area contributed by atoms with Crippen molar-refractivity contribution in [2.45, 2.75) is 6.36 Å². The number of esters is 1. The molecule has 0 atom stereocenters. The number of amides is 1. The molecule has 138 valence electrons. The third-order valence-corrected chi connectivity index (χ3v) is 2.68. The molecule has 0 saturated carbocycles. The van der Waals surface area contributed by atoms with Gasteiger partial charge in [-0.3, -0.25) is 14.9 Å². The van der Waals surface area contributed by atoms with Crippen LogP contribution in [0.4, 0.5) is 24.7 Å². The molecular weight excluding hydrogens is 365 g/mol. The Bertz CT molecular complexity index is 815. The maximum absolute atomic E-state index is 12.0. The van der Waals surface area contributed by atoms with Crippen molar-refractivity contribution in [3.05, 3.63) is 52.3 Å². The first-order valence-electron chi connectivity index (χ1n) is 6.71. The van der Waals surface area contributed by atoms with Gasteiger partial charge >= 0.3 is 18.2 Å². The molecule has 9 nitrogen and oxygen atoms in total. The summed E-state index contributed by atoms with van der Waals surface area (Å²) in [6.45, 7) is -0.742. The van der Waals surface area contributed by atoms with Crippen molar-refractivity contribution in [3.8, 4) is 5.75 Å². The summed E-state index contributed by atoms with van der Waals surface area (Å²) in [4.78, 5) is 32.8. The van der Waals surface area contributed by atoms with Gasteiger partial charge in [-0.25, -0.2) is 4.79 Å². The lowest BCUT2D eigenvalue weighted by atomic mass is 10.3. The minimum Gasteiger partial charge on any atom is -0.450 e. The number of carbonyl (C=O) groups is 2. The Morgan fingerprint density at radius 3 is 2.35 bits per heavy atom. The molecule has 0 unspecified atom stereocenters. The Kier molecular flexibility index (Phi) is 5.45. The molecule has 0 aliphatic heterocycles. The number of carbonyl (C=O) groups excluding carboxylic acids is 2. The van der Waals surface area contributed by atoms with Gasteiger partial charge in [-0.2, -0.15) is 0 Å². The van der Waals surface area contributed by atoms with Gasteiger partial charge in [0.25, 0.3) is 5.91 Å². The quantitative estimate of drug-likeness (QED) is 0.469. The molecule has 12 heteroatoms. The van der Waals surface area contributed by atoms with E-state index in [-0.39, 0.29) is 5.69 Å². The third-order valence-electron chi connectivity index (χ3n) is 2.68. The number of rotatable bonds is 6. The zero-order valence-corrected chi connectivity index (χ0v) is 12.6. The molecule has 1 N–H and O–H groups in total. The molecule has 1 heterocycles. The van der Waals surface area contributed by atoms with Gasteiger partial charge in [0.05, 0.1) is 6.07 Å². The molecule has 0 fully saturated rings. The predicted molar refractivity (Wildman–Crippen MR) is 77.4 cm³/mol. The van der Waals surface area contributed by atoms with Crippen LogP contribution in [0.3, 0.4) is 0 Å². The van der Waals surface area contributed by atoms with Crippen molar-refractivity contribution < 1.29 is 41.6 Å². The summed E-state index contributed by atoms with van der Waals surface area (Å²) in [5, 5.41) is 12.7. The highest BCUT2D eigenvalue weighted by Crippen LogP contribution is 2.24. The van der Waals surface area contributed by atoms with Crippen LogP contribution in [0.15, 0.2) is 40.8 Å². The molecule has 0 spiro atoms. The summed E-state index contributed by atoms with van der Waals surface area (Å²) in [6, 6.07) is 6.22. The Morgan fingerprint density at radius 1 is 1.15 bits per heavy atom. The highest BCUT2D eigenvalue weighted by Gasteiger charge is 2.31. The second-order valence-electron chi connectivity index (χ2n) is 4.59. The van der Waals surface area contributed by atoms with Crippen molar-refractivity contribution in [1.82, 2.24) is 0 Å². The summed E-state index contributed by atoms with van der Waals surface area (Å²) in [7, 11) is 0. The monoisotopic (exact) mass is 374 g/mol. The fourth-order valence-electron chi connectivity index (χ4n) is 1.67. The van der Waals surface area contributed by atoms with Gasteiger partial charge in [0.1, 0.15) is 10.7 Å². The third kappa shape index (κ3) is 5.51. The zero-order chi connectivity index (χ0) is 19.3. The van der Waals surface area contributed by atoms with E-state index in [2.05, 4.69) is 19.2 Å². The van der Waals surface area contributed by atoms with E-state index in [0.29, 0.717) is 0 Å². The number of anilines is 1. The SMILES string of the molecule is O=C(COC(=O)c1ccc([N+](=O)[O-])o1)Nc1ccc(OC(F)(F)F)cc1. The number of alkyl halides is 3. The fraction of sp³-hybridized carbons (Fsp3) is 0.143. The number of hydrogen-bond donors (Lipinski definition) is 1. The lowest BCUT2D eigenvalue weighted by Gasteiger charge is -2.10. The fourth-order valence-corrected chi connectivity index (χ4v) is 1.67. The number of nitrogens with zero attached hydrogens (tertiary/aromatic N) is 1. The van der Waals surface area contributed by atoms with Crippen LogP contribution in [0, 0.1) is 10.1 Å². The first-order chi connectivity index (χ1) is 12.1. The smallest absolute Gasteiger partial charge is 0.450 e. The first kappa shape index (κ1) is 18.8. The Morgan fingerprint density at radius 2 is 1.81 bits per heavy atom. The maximum atomic E-state index is 12.0. The zero-order valence-electron chi connectivity index (χ0n) is 12.6. The van der Waals surface area contributed by atoms with E-state index in [0.717, 1.165) is 36.4 Å². The van der Waals surface area contributed by atoms with Crippen LogP contribution in [-0.4, -0.2) is 29.8 Å². The number of nitro groups is 1. The van der Waals surface area contributed by atoms with Crippen LogP contribution in [0.25, 0.3) is 0 Å². The van der Waals surface area contributed by atoms with E-state index in [1.807, 2.05) is 0 Å². The van der Waals surface area contributed by atoms with Crippen LogP contribution in [-0.2, 0) is 9.53 Å². The minimum absolute atomic E-state index is 0.134. The molecule has 2 rings (SSSR count). The summed E-state index contributed by atoms with van der Waals surface area (Å²) >= 11 is 0. The number of furan rings is 1. The van der Waals surface area contributed by atoms with E-state index >= 15 is 0 Å². The lowest BCUT2D eigenvalue weighted by molar-refractivity contribution is -0.402. The Balaban J connectivity index is 1.84. The topological polar surface area (TPSA) is 121 Å². The molecule has 0 saturated heterocycles. The molecule has 0 aliphatic carbocycles. The highest BCUT2D eigenvalue weighted by atomic mass is 19.4.